The van der Waals surface area contributed by atoms with Gasteiger partial charge in [0.05, 0.1) is 24.8 Å². The zero-order valence-corrected chi connectivity index (χ0v) is 16.6. The molecule has 2 aromatic rings. The minimum absolute atomic E-state index is 0.112. The van der Waals surface area contributed by atoms with E-state index in [4.69, 9.17) is 25.8 Å². The number of rotatable bonds is 7. The lowest BCUT2D eigenvalue weighted by Gasteiger charge is -2.15. The summed E-state index contributed by atoms with van der Waals surface area (Å²) in [5.41, 5.74) is 0.998. The van der Waals surface area contributed by atoms with Crippen molar-refractivity contribution in [3.63, 3.8) is 0 Å². The Morgan fingerprint density at radius 1 is 1.04 bits per heavy atom. The van der Waals surface area contributed by atoms with Gasteiger partial charge >= 0.3 is 5.97 Å². The number of benzene rings is 2. The Bertz CT molecular complexity index is 912. The van der Waals surface area contributed by atoms with E-state index < -0.39 is 18.0 Å². The molecule has 2 aromatic carbocycles. The molecule has 1 atom stereocenters. The topological polar surface area (TPSA) is 90.9 Å². The molecule has 0 bridgehead atoms. The first-order valence-corrected chi connectivity index (χ1v) is 8.69. The van der Waals surface area contributed by atoms with E-state index in [9.17, 15) is 14.4 Å². The Kier molecular flexibility index (Phi) is 7.00. The maximum Gasteiger partial charge on any atom is 0.339 e. The predicted octanol–water partition coefficient (Wildman–Crippen LogP) is 3.74. The number of ether oxygens (including phenoxy) is 3. The Morgan fingerprint density at radius 2 is 1.75 bits per heavy atom. The van der Waals surface area contributed by atoms with Gasteiger partial charge in [-0.1, -0.05) is 23.7 Å². The van der Waals surface area contributed by atoms with E-state index in [1.807, 2.05) is 0 Å². The summed E-state index contributed by atoms with van der Waals surface area (Å²) < 4.78 is 15.5. The second-order valence-electron chi connectivity index (χ2n) is 5.87. The van der Waals surface area contributed by atoms with E-state index in [0.717, 1.165) is 0 Å². The normalized spacial score (nSPS) is 11.3. The summed E-state index contributed by atoms with van der Waals surface area (Å²) >= 11 is 6.08. The van der Waals surface area contributed by atoms with Crippen LogP contribution in [0.4, 0.5) is 5.69 Å². The van der Waals surface area contributed by atoms with Crippen molar-refractivity contribution in [3.05, 3.63) is 52.5 Å². The first kappa shape index (κ1) is 21.2. The molecule has 1 N–H and O–H groups in total. The third-order valence-corrected chi connectivity index (χ3v) is 4.14. The van der Waals surface area contributed by atoms with Crippen LogP contribution in [0, 0.1) is 0 Å². The molecule has 0 saturated carbocycles. The van der Waals surface area contributed by atoms with Crippen molar-refractivity contribution in [2.24, 2.45) is 0 Å². The molecule has 0 radical (unpaired) electrons. The Hall–Kier alpha value is -3.06. The Balaban J connectivity index is 2.09. The van der Waals surface area contributed by atoms with Gasteiger partial charge in [0.15, 0.2) is 23.4 Å². The summed E-state index contributed by atoms with van der Waals surface area (Å²) in [4.78, 5) is 36.1. The molecule has 2 rings (SSSR count). The molecular formula is C20H20ClNO6. The molecular weight excluding hydrogens is 386 g/mol. The first-order valence-electron chi connectivity index (χ1n) is 8.31. The highest BCUT2D eigenvalue weighted by molar-refractivity contribution is 6.32. The van der Waals surface area contributed by atoms with E-state index >= 15 is 0 Å². The van der Waals surface area contributed by atoms with Crippen LogP contribution in [-0.2, 0) is 9.53 Å². The maximum atomic E-state index is 12.4. The Morgan fingerprint density at radius 3 is 2.36 bits per heavy atom. The second-order valence-corrected chi connectivity index (χ2v) is 6.27. The van der Waals surface area contributed by atoms with Crippen molar-refractivity contribution in [3.8, 4) is 11.5 Å². The molecule has 0 aromatic heterocycles. The van der Waals surface area contributed by atoms with Crippen molar-refractivity contribution < 1.29 is 28.6 Å². The number of hydrogen-bond donors (Lipinski definition) is 1. The van der Waals surface area contributed by atoms with Gasteiger partial charge in [-0.3, -0.25) is 9.59 Å². The number of halogens is 1. The summed E-state index contributed by atoms with van der Waals surface area (Å²) in [6.45, 7) is 2.87. The minimum Gasteiger partial charge on any atom is -0.493 e. The van der Waals surface area contributed by atoms with Crippen LogP contribution >= 0.6 is 11.6 Å². The minimum atomic E-state index is -1.08. The summed E-state index contributed by atoms with van der Waals surface area (Å²) in [5, 5.41) is 2.78. The number of anilines is 1. The average Bonchev–Trinajstić information content (AvgIpc) is 2.67. The average molecular weight is 406 g/mol. The van der Waals surface area contributed by atoms with Crippen LogP contribution in [0.15, 0.2) is 36.4 Å². The van der Waals surface area contributed by atoms with Crippen molar-refractivity contribution in [1.29, 1.82) is 0 Å². The van der Waals surface area contributed by atoms with Gasteiger partial charge in [-0.25, -0.2) is 4.79 Å². The highest BCUT2D eigenvalue weighted by atomic mass is 35.5. The third-order valence-electron chi connectivity index (χ3n) is 3.86. The smallest absolute Gasteiger partial charge is 0.339 e. The summed E-state index contributed by atoms with van der Waals surface area (Å²) in [6.07, 6.45) is -1.08. The summed E-state index contributed by atoms with van der Waals surface area (Å²) in [7, 11) is 2.84. The quantitative estimate of drug-likeness (QED) is 0.557. The third kappa shape index (κ3) is 5.01. The second kappa shape index (κ2) is 9.23. The number of ketones is 1. The van der Waals surface area contributed by atoms with Crippen molar-refractivity contribution in [2.75, 3.05) is 19.5 Å². The van der Waals surface area contributed by atoms with Crippen LogP contribution in [0.3, 0.4) is 0 Å². The van der Waals surface area contributed by atoms with Gasteiger partial charge in [0.1, 0.15) is 0 Å². The molecule has 1 amide bonds. The molecule has 0 aliphatic carbocycles. The number of hydrogen-bond acceptors (Lipinski definition) is 6. The summed E-state index contributed by atoms with van der Waals surface area (Å²) in [6, 6.07) is 9.24. The lowest BCUT2D eigenvalue weighted by Crippen LogP contribution is -2.30. The maximum absolute atomic E-state index is 12.4. The highest BCUT2D eigenvalue weighted by Crippen LogP contribution is 2.36. The number of amides is 1. The van der Waals surface area contributed by atoms with Crippen LogP contribution in [0.2, 0.25) is 5.02 Å². The Labute approximate surface area is 167 Å². The molecule has 7 nitrogen and oxygen atoms in total. The lowest BCUT2D eigenvalue weighted by molar-refractivity contribution is -0.123. The van der Waals surface area contributed by atoms with Gasteiger partial charge in [0.2, 0.25) is 0 Å². The molecule has 0 aliphatic heterocycles. The lowest BCUT2D eigenvalue weighted by atomic mass is 10.1. The summed E-state index contributed by atoms with van der Waals surface area (Å²) in [5.74, 6) is -0.860. The van der Waals surface area contributed by atoms with E-state index in [1.54, 1.807) is 24.3 Å². The molecule has 0 unspecified atom stereocenters. The van der Waals surface area contributed by atoms with Gasteiger partial charge in [-0.2, -0.15) is 0 Å². The SMILES string of the molecule is COc1cc(C(=O)O[C@H](C)C(=O)Nc2cccc(C(C)=O)c2)cc(Cl)c1OC. The number of carbonyl (C=O) groups excluding carboxylic acids is 3. The molecule has 28 heavy (non-hydrogen) atoms. The zero-order chi connectivity index (χ0) is 20.8. The van der Waals surface area contributed by atoms with Crippen LogP contribution in [-0.4, -0.2) is 38.0 Å². The fourth-order valence-corrected chi connectivity index (χ4v) is 2.67. The predicted molar refractivity (Wildman–Crippen MR) is 105 cm³/mol. The van der Waals surface area contributed by atoms with Gasteiger partial charge in [0, 0.05) is 11.3 Å². The fourth-order valence-electron chi connectivity index (χ4n) is 2.38. The monoisotopic (exact) mass is 405 g/mol. The van der Waals surface area contributed by atoms with E-state index in [0.29, 0.717) is 11.3 Å². The fraction of sp³-hybridized carbons (Fsp3) is 0.250. The molecule has 8 heteroatoms. The van der Waals surface area contributed by atoms with Gasteiger partial charge < -0.3 is 19.5 Å². The molecule has 0 heterocycles. The van der Waals surface area contributed by atoms with Crippen molar-refractivity contribution >= 4 is 34.9 Å². The molecule has 0 spiro atoms. The molecule has 0 fully saturated rings. The van der Waals surface area contributed by atoms with Gasteiger partial charge in [-0.05, 0) is 38.1 Å². The van der Waals surface area contributed by atoms with Crippen molar-refractivity contribution in [2.45, 2.75) is 20.0 Å². The van der Waals surface area contributed by atoms with Crippen LogP contribution in [0.1, 0.15) is 34.6 Å². The van der Waals surface area contributed by atoms with E-state index in [1.165, 1.54) is 40.2 Å². The number of carbonyl (C=O) groups is 3. The number of Topliss-reactive ketones (excluding diaryl/α,β-unsaturated/α-hetero) is 1. The van der Waals surface area contributed by atoms with Crippen LogP contribution in [0.25, 0.3) is 0 Å². The highest BCUT2D eigenvalue weighted by Gasteiger charge is 2.22. The van der Waals surface area contributed by atoms with Crippen LogP contribution in [0.5, 0.6) is 11.5 Å². The number of esters is 1. The van der Waals surface area contributed by atoms with Crippen LogP contribution < -0.4 is 14.8 Å². The number of methoxy groups -OCH3 is 2. The number of nitrogens with one attached hydrogen (secondary N) is 1. The van der Waals surface area contributed by atoms with E-state index in [2.05, 4.69) is 5.32 Å². The van der Waals surface area contributed by atoms with Gasteiger partial charge in [0.25, 0.3) is 5.91 Å². The van der Waals surface area contributed by atoms with Gasteiger partial charge in [-0.15, -0.1) is 0 Å². The zero-order valence-electron chi connectivity index (χ0n) is 15.9. The standard InChI is InChI=1S/C20H20ClNO6/c1-11(23)13-6-5-7-15(8-13)22-19(24)12(2)28-20(25)14-9-16(21)18(27-4)17(10-14)26-3/h5-10,12H,1-4H3,(H,22,24)/t12-/m1/s1. The largest absolute Gasteiger partial charge is 0.493 e. The van der Waals surface area contributed by atoms with E-state index in [-0.39, 0.29) is 27.9 Å². The first-order chi connectivity index (χ1) is 13.3. The molecule has 148 valence electrons. The van der Waals surface area contributed by atoms with Crippen molar-refractivity contribution in [1.82, 2.24) is 0 Å². The molecule has 0 aliphatic rings. The molecule has 0 saturated heterocycles.